The molecular weight excluding hydrogens is 372 g/mol. The molecule has 5 nitrogen and oxygen atoms in total. The first-order chi connectivity index (χ1) is 12.3. The van der Waals surface area contributed by atoms with Gasteiger partial charge in [0.05, 0.1) is 11.9 Å². The van der Waals surface area contributed by atoms with Gasteiger partial charge in [-0.05, 0) is 37.1 Å². The van der Waals surface area contributed by atoms with E-state index in [0.29, 0.717) is 23.7 Å². The quantitative estimate of drug-likeness (QED) is 0.745. The number of amides is 1. The lowest BCUT2D eigenvalue weighted by atomic mass is 10.1. The third-order valence-corrected chi connectivity index (χ3v) is 5.26. The maximum Gasteiger partial charge on any atom is 0.232 e. The number of halogens is 1. The Bertz CT molecular complexity index is 869. The van der Waals surface area contributed by atoms with Crippen LogP contribution in [0.25, 0.3) is 0 Å². The fourth-order valence-electron chi connectivity index (χ4n) is 2.61. The molecule has 1 amide bonds. The molecule has 0 atom stereocenters. The first kappa shape index (κ1) is 20.3. The van der Waals surface area contributed by atoms with Crippen LogP contribution in [0.4, 0.5) is 5.69 Å². The van der Waals surface area contributed by atoms with E-state index in [4.69, 9.17) is 11.6 Å². The summed E-state index contributed by atoms with van der Waals surface area (Å²) in [4.78, 5) is 12.0. The molecule has 0 unspecified atom stereocenters. The standard InChI is InChI=1S/C19H23ClN2O3S/c1-15-6-3-7-16(12-15)14-21-19(23)10-5-11-22(26(2,24)25)18-9-4-8-17(20)13-18/h3-4,6-9,12-13H,5,10-11,14H2,1-2H3,(H,21,23). The first-order valence-electron chi connectivity index (χ1n) is 8.31. The van der Waals surface area contributed by atoms with Crippen molar-refractivity contribution in [1.82, 2.24) is 5.32 Å². The van der Waals surface area contributed by atoms with Crippen LogP contribution in [0.2, 0.25) is 5.02 Å². The number of carbonyl (C=O) groups excluding carboxylic acids is 1. The number of hydrogen-bond acceptors (Lipinski definition) is 3. The Kier molecular flexibility index (Phi) is 7.06. The Morgan fingerprint density at radius 2 is 1.88 bits per heavy atom. The van der Waals surface area contributed by atoms with Crippen LogP contribution in [0.15, 0.2) is 48.5 Å². The lowest BCUT2D eigenvalue weighted by Gasteiger charge is -2.22. The highest BCUT2D eigenvalue weighted by atomic mass is 35.5. The van der Waals surface area contributed by atoms with Crippen molar-refractivity contribution in [2.45, 2.75) is 26.3 Å². The highest BCUT2D eigenvalue weighted by molar-refractivity contribution is 7.92. The highest BCUT2D eigenvalue weighted by Gasteiger charge is 2.17. The highest BCUT2D eigenvalue weighted by Crippen LogP contribution is 2.22. The average molecular weight is 395 g/mol. The van der Waals surface area contributed by atoms with Crippen LogP contribution in [-0.4, -0.2) is 27.1 Å². The molecule has 2 aromatic rings. The van der Waals surface area contributed by atoms with E-state index in [-0.39, 0.29) is 18.9 Å². The first-order valence-corrected chi connectivity index (χ1v) is 10.5. The van der Waals surface area contributed by atoms with E-state index in [1.807, 2.05) is 31.2 Å². The molecule has 2 aromatic carbocycles. The van der Waals surface area contributed by atoms with E-state index >= 15 is 0 Å². The number of sulfonamides is 1. The lowest BCUT2D eigenvalue weighted by molar-refractivity contribution is -0.121. The Morgan fingerprint density at radius 1 is 1.15 bits per heavy atom. The molecule has 140 valence electrons. The van der Waals surface area contributed by atoms with Crippen LogP contribution in [0.3, 0.4) is 0 Å². The predicted molar refractivity (Wildman–Crippen MR) is 106 cm³/mol. The zero-order valence-corrected chi connectivity index (χ0v) is 16.5. The summed E-state index contributed by atoms with van der Waals surface area (Å²) in [6.45, 7) is 2.68. The van der Waals surface area contributed by atoms with Gasteiger partial charge in [0.2, 0.25) is 15.9 Å². The Hall–Kier alpha value is -2.05. The maximum atomic E-state index is 12.0. The molecule has 0 fully saturated rings. The van der Waals surface area contributed by atoms with Gasteiger partial charge in [-0.1, -0.05) is 47.5 Å². The monoisotopic (exact) mass is 394 g/mol. The summed E-state index contributed by atoms with van der Waals surface area (Å²) in [7, 11) is -3.45. The van der Waals surface area contributed by atoms with E-state index in [1.165, 1.54) is 4.31 Å². The summed E-state index contributed by atoms with van der Waals surface area (Å²) < 4.78 is 25.4. The molecule has 0 aromatic heterocycles. The summed E-state index contributed by atoms with van der Waals surface area (Å²) in [5.41, 5.74) is 2.68. The summed E-state index contributed by atoms with van der Waals surface area (Å²) in [6, 6.07) is 14.6. The van der Waals surface area contributed by atoms with Gasteiger partial charge in [-0.3, -0.25) is 9.10 Å². The Balaban J connectivity index is 1.88. The van der Waals surface area contributed by atoms with Gasteiger partial charge in [0, 0.05) is 24.5 Å². The fourth-order valence-corrected chi connectivity index (χ4v) is 3.75. The van der Waals surface area contributed by atoms with Crippen LogP contribution in [-0.2, 0) is 21.4 Å². The van der Waals surface area contributed by atoms with Crippen molar-refractivity contribution in [3.8, 4) is 0 Å². The van der Waals surface area contributed by atoms with Gasteiger partial charge in [-0.25, -0.2) is 8.42 Å². The Labute approximate surface area is 160 Å². The molecule has 0 saturated carbocycles. The largest absolute Gasteiger partial charge is 0.352 e. The van der Waals surface area contributed by atoms with Crippen molar-refractivity contribution >= 4 is 33.2 Å². The minimum atomic E-state index is -3.45. The SMILES string of the molecule is Cc1cccc(CNC(=O)CCCN(c2cccc(Cl)c2)S(C)(=O)=O)c1. The maximum absolute atomic E-state index is 12.0. The average Bonchev–Trinajstić information content (AvgIpc) is 2.56. The van der Waals surface area contributed by atoms with Crippen molar-refractivity contribution in [3.63, 3.8) is 0 Å². The molecule has 0 aliphatic carbocycles. The molecule has 26 heavy (non-hydrogen) atoms. The number of nitrogens with zero attached hydrogens (tertiary/aromatic N) is 1. The van der Waals surface area contributed by atoms with Crippen molar-refractivity contribution < 1.29 is 13.2 Å². The van der Waals surface area contributed by atoms with Gasteiger partial charge < -0.3 is 5.32 Å². The van der Waals surface area contributed by atoms with Gasteiger partial charge in [-0.2, -0.15) is 0 Å². The molecule has 7 heteroatoms. The number of aryl methyl sites for hydroxylation is 1. The van der Waals surface area contributed by atoms with E-state index < -0.39 is 10.0 Å². The van der Waals surface area contributed by atoms with E-state index in [0.717, 1.165) is 17.4 Å². The molecular formula is C19H23ClN2O3S. The second-order valence-corrected chi connectivity index (χ2v) is 8.53. The summed E-state index contributed by atoms with van der Waals surface area (Å²) in [6.07, 6.45) is 1.81. The third-order valence-electron chi connectivity index (χ3n) is 3.83. The smallest absolute Gasteiger partial charge is 0.232 e. The van der Waals surface area contributed by atoms with E-state index in [9.17, 15) is 13.2 Å². The Morgan fingerprint density at radius 3 is 2.54 bits per heavy atom. The zero-order chi connectivity index (χ0) is 19.2. The zero-order valence-electron chi connectivity index (χ0n) is 14.9. The van der Waals surface area contributed by atoms with Gasteiger partial charge in [0.25, 0.3) is 0 Å². The molecule has 0 heterocycles. The molecule has 0 saturated heterocycles. The molecule has 0 radical (unpaired) electrons. The molecule has 1 N–H and O–H groups in total. The number of rotatable bonds is 8. The molecule has 0 bridgehead atoms. The van der Waals surface area contributed by atoms with Gasteiger partial charge in [-0.15, -0.1) is 0 Å². The minimum Gasteiger partial charge on any atom is -0.352 e. The number of anilines is 1. The third kappa shape index (κ3) is 6.35. The van der Waals surface area contributed by atoms with E-state index in [2.05, 4.69) is 5.32 Å². The van der Waals surface area contributed by atoms with Crippen LogP contribution in [0.1, 0.15) is 24.0 Å². The fraction of sp³-hybridized carbons (Fsp3) is 0.316. The van der Waals surface area contributed by atoms with Crippen molar-refractivity contribution in [3.05, 3.63) is 64.7 Å². The lowest BCUT2D eigenvalue weighted by Crippen LogP contribution is -2.32. The number of benzene rings is 2. The van der Waals surface area contributed by atoms with Crippen molar-refractivity contribution in [2.24, 2.45) is 0 Å². The number of hydrogen-bond donors (Lipinski definition) is 1. The van der Waals surface area contributed by atoms with Gasteiger partial charge in [0.1, 0.15) is 0 Å². The minimum absolute atomic E-state index is 0.106. The van der Waals surface area contributed by atoms with Gasteiger partial charge in [0.15, 0.2) is 0 Å². The van der Waals surface area contributed by atoms with Crippen LogP contribution >= 0.6 is 11.6 Å². The van der Waals surface area contributed by atoms with Crippen LogP contribution in [0, 0.1) is 6.92 Å². The number of nitrogens with one attached hydrogen (secondary N) is 1. The second kappa shape index (κ2) is 9.05. The second-order valence-electron chi connectivity index (χ2n) is 6.18. The summed E-state index contributed by atoms with van der Waals surface area (Å²) in [5.74, 6) is -0.106. The van der Waals surface area contributed by atoms with E-state index in [1.54, 1.807) is 24.3 Å². The molecule has 0 aliphatic rings. The van der Waals surface area contributed by atoms with Crippen molar-refractivity contribution in [1.29, 1.82) is 0 Å². The topological polar surface area (TPSA) is 66.5 Å². The summed E-state index contributed by atoms with van der Waals surface area (Å²) in [5, 5.41) is 3.32. The van der Waals surface area contributed by atoms with Crippen LogP contribution in [0.5, 0.6) is 0 Å². The molecule has 2 rings (SSSR count). The molecule has 0 aliphatic heterocycles. The van der Waals surface area contributed by atoms with Crippen LogP contribution < -0.4 is 9.62 Å². The number of carbonyl (C=O) groups is 1. The predicted octanol–water partition coefficient (Wildman–Crippen LogP) is 3.51. The van der Waals surface area contributed by atoms with Gasteiger partial charge >= 0.3 is 0 Å². The molecule has 0 spiro atoms. The van der Waals surface area contributed by atoms with Crippen molar-refractivity contribution in [2.75, 3.05) is 17.1 Å². The normalized spacial score (nSPS) is 11.2. The summed E-state index contributed by atoms with van der Waals surface area (Å²) >= 11 is 5.95.